The molecule has 1 aromatic heterocycles. The van der Waals surface area contributed by atoms with Gasteiger partial charge in [0.05, 0.1) is 20.3 Å². The van der Waals surface area contributed by atoms with Gasteiger partial charge in [-0.05, 0) is 36.4 Å². The molecule has 106 valence electrons. The van der Waals surface area contributed by atoms with E-state index in [9.17, 15) is 4.79 Å². The van der Waals surface area contributed by atoms with Crippen LogP contribution in [0.4, 0.5) is 0 Å². The van der Waals surface area contributed by atoms with E-state index in [4.69, 9.17) is 14.2 Å². The van der Waals surface area contributed by atoms with Crippen LogP contribution in [0.15, 0.2) is 47.4 Å². The second-order valence-corrected chi connectivity index (χ2v) is 4.09. The van der Waals surface area contributed by atoms with E-state index in [0.29, 0.717) is 25.4 Å². The third-order valence-corrected chi connectivity index (χ3v) is 2.66. The third kappa shape index (κ3) is 4.05. The normalized spacial score (nSPS) is 10.1. The summed E-state index contributed by atoms with van der Waals surface area (Å²) in [6.45, 7) is 0.959. The first-order valence-corrected chi connectivity index (χ1v) is 6.37. The number of rotatable bonds is 7. The van der Waals surface area contributed by atoms with Gasteiger partial charge in [0.2, 0.25) is 0 Å². The highest BCUT2D eigenvalue weighted by atomic mass is 16.5. The molecule has 5 nitrogen and oxygen atoms in total. The Kier molecular flexibility index (Phi) is 5.06. The molecular formula is C15H17NO4. The second-order valence-electron chi connectivity index (χ2n) is 4.09. The number of H-pyrrole nitrogens is 1. The van der Waals surface area contributed by atoms with Crippen molar-refractivity contribution in [2.45, 2.75) is 6.42 Å². The predicted molar refractivity (Wildman–Crippen MR) is 75.7 cm³/mol. The Balaban J connectivity index is 1.69. The summed E-state index contributed by atoms with van der Waals surface area (Å²) in [6, 6.07) is 10.8. The number of pyridine rings is 1. The van der Waals surface area contributed by atoms with Crippen molar-refractivity contribution in [3.63, 3.8) is 0 Å². The summed E-state index contributed by atoms with van der Waals surface area (Å²) >= 11 is 0. The Morgan fingerprint density at radius 1 is 1.00 bits per heavy atom. The van der Waals surface area contributed by atoms with Crippen molar-refractivity contribution in [3.05, 3.63) is 52.9 Å². The summed E-state index contributed by atoms with van der Waals surface area (Å²) in [4.78, 5) is 13.9. The topological polar surface area (TPSA) is 60.6 Å². The third-order valence-electron chi connectivity index (χ3n) is 2.66. The van der Waals surface area contributed by atoms with Gasteiger partial charge >= 0.3 is 0 Å². The van der Waals surface area contributed by atoms with Crippen molar-refractivity contribution >= 4 is 0 Å². The lowest BCUT2D eigenvalue weighted by atomic mass is 10.3. The molecule has 0 amide bonds. The Hall–Kier alpha value is -2.43. The Morgan fingerprint density at radius 2 is 1.70 bits per heavy atom. The van der Waals surface area contributed by atoms with Gasteiger partial charge in [0.1, 0.15) is 11.5 Å². The number of hydrogen-bond acceptors (Lipinski definition) is 4. The minimum atomic E-state index is -0.219. The predicted octanol–water partition coefficient (Wildman–Crippen LogP) is 2.23. The number of benzene rings is 1. The lowest BCUT2D eigenvalue weighted by Crippen LogP contribution is -2.12. The van der Waals surface area contributed by atoms with E-state index in [-0.39, 0.29) is 5.56 Å². The summed E-state index contributed by atoms with van der Waals surface area (Å²) in [5.74, 6) is 1.91. The fourth-order valence-corrected chi connectivity index (χ4v) is 1.62. The molecule has 1 heterocycles. The molecule has 0 fully saturated rings. The summed E-state index contributed by atoms with van der Waals surface area (Å²) in [5, 5.41) is 0. The zero-order valence-corrected chi connectivity index (χ0v) is 11.3. The van der Waals surface area contributed by atoms with E-state index in [0.717, 1.165) is 11.5 Å². The maximum Gasteiger partial charge on any atom is 0.290 e. The van der Waals surface area contributed by atoms with Crippen molar-refractivity contribution < 1.29 is 14.2 Å². The number of methoxy groups -OCH3 is 1. The zero-order chi connectivity index (χ0) is 14.2. The van der Waals surface area contributed by atoms with Crippen molar-refractivity contribution in [3.8, 4) is 17.2 Å². The van der Waals surface area contributed by atoms with Gasteiger partial charge < -0.3 is 19.2 Å². The molecule has 2 aromatic rings. The molecule has 2 rings (SSSR count). The largest absolute Gasteiger partial charge is 0.497 e. The minimum Gasteiger partial charge on any atom is -0.497 e. The molecule has 5 heteroatoms. The molecule has 1 aromatic carbocycles. The van der Waals surface area contributed by atoms with Crippen LogP contribution >= 0.6 is 0 Å². The van der Waals surface area contributed by atoms with Gasteiger partial charge in [-0.3, -0.25) is 4.79 Å². The molecule has 20 heavy (non-hydrogen) atoms. The monoisotopic (exact) mass is 275 g/mol. The Labute approximate surface area is 117 Å². The zero-order valence-electron chi connectivity index (χ0n) is 11.3. The van der Waals surface area contributed by atoms with E-state index < -0.39 is 0 Å². The molecule has 0 bridgehead atoms. The van der Waals surface area contributed by atoms with E-state index in [2.05, 4.69) is 4.98 Å². The van der Waals surface area contributed by atoms with Gasteiger partial charge in [-0.15, -0.1) is 0 Å². The fourth-order valence-electron chi connectivity index (χ4n) is 1.62. The quantitative estimate of drug-likeness (QED) is 0.787. The Bertz CT molecular complexity index is 577. The van der Waals surface area contributed by atoms with Crippen LogP contribution in [0, 0.1) is 0 Å². The van der Waals surface area contributed by atoms with Crippen LogP contribution in [-0.4, -0.2) is 25.3 Å². The van der Waals surface area contributed by atoms with Crippen LogP contribution in [0.3, 0.4) is 0 Å². The van der Waals surface area contributed by atoms with Crippen LogP contribution in [0.2, 0.25) is 0 Å². The van der Waals surface area contributed by atoms with E-state index in [1.54, 1.807) is 25.4 Å². The standard InChI is InChI=1S/C15H17NO4/c1-18-12-5-7-13(8-6-12)19-10-3-11-20-14-4-2-9-16-15(14)17/h2,4-9H,3,10-11H2,1H3,(H,16,17). The highest BCUT2D eigenvalue weighted by Crippen LogP contribution is 2.17. The van der Waals surface area contributed by atoms with Crippen LogP contribution in [0.25, 0.3) is 0 Å². The first kappa shape index (κ1) is 14.0. The van der Waals surface area contributed by atoms with Crippen LogP contribution < -0.4 is 19.8 Å². The lowest BCUT2D eigenvalue weighted by Gasteiger charge is -2.08. The molecule has 0 aliphatic carbocycles. The molecule has 0 unspecified atom stereocenters. The summed E-state index contributed by atoms with van der Waals surface area (Å²) in [6.07, 6.45) is 2.27. The van der Waals surface area contributed by atoms with E-state index in [1.807, 2.05) is 24.3 Å². The van der Waals surface area contributed by atoms with Crippen molar-refractivity contribution in [2.24, 2.45) is 0 Å². The molecule has 0 radical (unpaired) electrons. The van der Waals surface area contributed by atoms with Crippen LogP contribution in [0.1, 0.15) is 6.42 Å². The first-order valence-electron chi connectivity index (χ1n) is 6.37. The molecule has 0 spiro atoms. The van der Waals surface area contributed by atoms with E-state index >= 15 is 0 Å². The average molecular weight is 275 g/mol. The van der Waals surface area contributed by atoms with Crippen molar-refractivity contribution in [1.82, 2.24) is 4.98 Å². The van der Waals surface area contributed by atoms with Crippen LogP contribution in [0.5, 0.6) is 17.2 Å². The van der Waals surface area contributed by atoms with Gasteiger partial charge in [-0.1, -0.05) is 0 Å². The van der Waals surface area contributed by atoms with Gasteiger partial charge in [0.15, 0.2) is 5.75 Å². The summed E-state index contributed by atoms with van der Waals surface area (Å²) in [7, 11) is 1.62. The SMILES string of the molecule is COc1ccc(OCCCOc2ccc[nH]c2=O)cc1. The van der Waals surface area contributed by atoms with Crippen molar-refractivity contribution in [1.29, 1.82) is 0 Å². The molecule has 0 saturated heterocycles. The maximum absolute atomic E-state index is 11.3. The molecule has 0 aliphatic heterocycles. The number of hydrogen-bond donors (Lipinski definition) is 1. The van der Waals surface area contributed by atoms with Gasteiger partial charge in [0, 0.05) is 12.6 Å². The van der Waals surface area contributed by atoms with E-state index in [1.165, 1.54) is 0 Å². The average Bonchev–Trinajstić information content (AvgIpc) is 2.49. The first-order chi connectivity index (χ1) is 9.79. The molecule has 0 saturated carbocycles. The van der Waals surface area contributed by atoms with Crippen LogP contribution in [-0.2, 0) is 0 Å². The van der Waals surface area contributed by atoms with Crippen molar-refractivity contribution in [2.75, 3.05) is 20.3 Å². The molecule has 0 atom stereocenters. The Morgan fingerprint density at radius 3 is 2.40 bits per heavy atom. The highest BCUT2D eigenvalue weighted by Gasteiger charge is 1.99. The highest BCUT2D eigenvalue weighted by molar-refractivity contribution is 5.31. The summed E-state index contributed by atoms with van der Waals surface area (Å²) < 4.78 is 16.0. The smallest absolute Gasteiger partial charge is 0.290 e. The molecule has 1 N–H and O–H groups in total. The van der Waals surface area contributed by atoms with Gasteiger partial charge in [-0.2, -0.15) is 0 Å². The summed E-state index contributed by atoms with van der Waals surface area (Å²) in [5.41, 5.74) is -0.219. The molecular weight excluding hydrogens is 258 g/mol. The lowest BCUT2D eigenvalue weighted by molar-refractivity contribution is 0.245. The fraction of sp³-hybridized carbons (Fsp3) is 0.267. The van der Waals surface area contributed by atoms with Gasteiger partial charge in [0.25, 0.3) is 5.56 Å². The molecule has 0 aliphatic rings. The second kappa shape index (κ2) is 7.23. The maximum atomic E-state index is 11.3. The number of nitrogens with one attached hydrogen (secondary N) is 1. The number of aromatic nitrogens is 1. The minimum absolute atomic E-state index is 0.219. The number of aromatic amines is 1. The number of ether oxygens (including phenoxy) is 3. The van der Waals surface area contributed by atoms with Gasteiger partial charge in [-0.25, -0.2) is 0 Å².